The van der Waals surface area contributed by atoms with Crippen LogP contribution in [0.4, 0.5) is 0 Å². The summed E-state index contributed by atoms with van der Waals surface area (Å²) in [5.74, 6) is 0.638. The van der Waals surface area contributed by atoms with Gasteiger partial charge in [-0.3, -0.25) is 9.59 Å². The molecular formula is C21H22N2O5. The van der Waals surface area contributed by atoms with E-state index in [4.69, 9.17) is 9.47 Å². The minimum absolute atomic E-state index is 0.0965. The van der Waals surface area contributed by atoms with E-state index in [9.17, 15) is 14.7 Å². The third-order valence-electron chi connectivity index (χ3n) is 4.16. The number of hydrogen-bond donors (Lipinski definition) is 2. The number of likely N-dealkylation sites (N-methyl/N-ethyl adjacent to an activating group) is 1. The Morgan fingerprint density at radius 1 is 1.11 bits per heavy atom. The van der Waals surface area contributed by atoms with Crippen molar-refractivity contribution >= 4 is 11.8 Å². The van der Waals surface area contributed by atoms with Gasteiger partial charge in [0, 0.05) is 19.7 Å². The summed E-state index contributed by atoms with van der Waals surface area (Å²) in [5, 5.41) is 12.4. The van der Waals surface area contributed by atoms with Crippen molar-refractivity contribution in [2.24, 2.45) is 0 Å². The van der Waals surface area contributed by atoms with Gasteiger partial charge >= 0.3 is 0 Å². The minimum Gasteiger partial charge on any atom is -0.503 e. The molecule has 0 aliphatic carbocycles. The number of nitrogens with one attached hydrogen (secondary N) is 1. The number of benzene rings is 2. The van der Waals surface area contributed by atoms with Gasteiger partial charge in [-0.2, -0.15) is 0 Å². The van der Waals surface area contributed by atoms with Crippen molar-refractivity contribution in [1.82, 2.24) is 10.2 Å². The average Bonchev–Trinajstić information content (AvgIpc) is 2.96. The fraction of sp³-hybridized carbons (Fsp3) is 0.238. The summed E-state index contributed by atoms with van der Waals surface area (Å²) in [5.41, 5.74) is 0.0965. The number of aliphatic hydroxyl groups is 1. The summed E-state index contributed by atoms with van der Waals surface area (Å²) in [6.45, 7) is 0.883. The quantitative estimate of drug-likeness (QED) is 0.686. The molecule has 0 spiro atoms. The molecule has 2 aromatic rings. The minimum atomic E-state index is -0.536. The number of rotatable bonds is 8. The second-order valence-corrected chi connectivity index (χ2v) is 6.34. The molecule has 0 radical (unpaired) electrons. The van der Waals surface area contributed by atoms with Gasteiger partial charge in [0.1, 0.15) is 17.2 Å². The maximum Gasteiger partial charge on any atom is 0.289 e. The first-order valence-corrected chi connectivity index (χ1v) is 8.96. The molecule has 0 saturated heterocycles. The highest BCUT2D eigenvalue weighted by molar-refractivity contribution is 6.06. The summed E-state index contributed by atoms with van der Waals surface area (Å²) in [4.78, 5) is 24.8. The number of hydrogen-bond acceptors (Lipinski definition) is 5. The maximum atomic E-state index is 12.0. The maximum absolute atomic E-state index is 12.0. The Hall–Kier alpha value is -3.48. The molecule has 0 fully saturated rings. The van der Waals surface area contributed by atoms with E-state index >= 15 is 0 Å². The van der Waals surface area contributed by atoms with Crippen LogP contribution in [0.25, 0.3) is 0 Å². The van der Waals surface area contributed by atoms with Gasteiger partial charge in [-0.15, -0.1) is 0 Å². The van der Waals surface area contributed by atoms with Crippen LogP contribution >= 0.6 is 0 Å². The number of ether oxygens (including phenoxy) is 2. The van der Waals surface area contributed by atoms with Crippen molar-refractivity contribution in [2.45, 2.75) is 6.42 Å². The summed E-state index contributed by atoms with van der Waals surface area (Å²) >= 11 is 0. The van der Waals surface area contributed by atoms with Gasteiger partial charge < -0.3 is 24.8 Å². The summed E-state index contributed by atoms with van der Waals surface area (Å²) in [6, 6.07) is 16.8. The first-order valence-electron chi connectivity index (χ1n) is 8.96. The normalized spacial score (nSPS) is 13.6. The zero-order valence-electron chi connectivity index (χ0n) is 15.6. The Morgan fingerprint density at radius 3 is 2.54 bits per heavy atom. The Morgan fingerprint density at radius 2 is 1.82 bits per heavy atom. The summed E-state index contributed by atoms with van der Waals surface area (Å²) in [7, 11) is 1.53. The molecule has 28 heavy (non-hydrogen) atoms. The van der Waals surface area contributed by atoms with E-state index in [0.717, 1.165) is 5.75 Å². The largest absolute Gasteiger partial charge is 0.503 e. The molecule has 1 aliphatic rings. The smallest absolute Gasteiger partial charge is 0.289 e. The van der Waals surface area contributed by atoms with Crippen LogP contribution < -0.4 is 14.8 Å². The van der Waals surface area contributed by atoms with Gasteiger partial charge in [-0.25, -0.2) is 0 Å². The van der Waals surface area contributed by atoms with Crippen LogP contribution in [-0.4, -0.2) is 48.6 Å². The van der Waals surface area contributed by atoms with Crippen molar-refractivity contribution in [1.29, 1.82) is 0 Å². The molecule has 0 saturated carbocycles. The van der Waals surface area contributed by atoms with Crippen LogP contribution in [0.3, 0.4) is 0 Å². The monoisotopic (exact) mass is 382 g/mol. The van der Waals surface area contributed by atoms with Gasteiger partial charge in [0.05, 0.1) is 18.7 Å². The van der Waals surface area contributed by atoms with Crippen LogP contribution in [0.15, 0.2) is 65.9 Å². The van der Waals surface area contributed by atoms with Crippen molar-refractivity contribution in [3.05, 3.63) is 65.9 Å². The number of carbonyl (C=O) groups is 2. The highest BCUT2D eigenvalue weighted by atomic mass is 16.5. The lowest BCUT2D eigenvalue weighted by Crippen LogP contribution is -2.29. The van der Waals surface area contributed by atoms with Crippen LogP contribution in [0.5, 0.6) is 17.2 Å². The van der Waals surface area contributed by atoms with Gasteiger partial charge in [0.15, 0.2) is 5.76 Å². The molecule has 0 bridgehead atoms. The van der Waals surface area contributed by atoms with E-state index in [1.807, 2.05) is 48.5 Å². The van der Waals surface area contributed by atoms with E-state index in [1.165, 1.54) is 11.9 Å². The zero-order valence-corrected chi connectivity index (χ0v) is 15.6. The van der Waals surface area contributed by atoms with Crippen LogP contribution in [0, 0.1) is 0 Å². The summed E-state index contributed by atoms with van der Waals surface area (Å²) < 4.78 is 11.5. The van der Waals surface area contributed by atoms with Gasteiger partial charge in [0.2, 0.25) is 0 Å². The SMILES string of the molecule is CN1CC(C(=O)NCCCOc2cccc(Oc3ccccc3)c2)=C(O)C1=O. The molecule has 2 amide bonds. The fourth-order valence-electron chi connectivity index (χ4n) is 2.70. The Kier molecular flexibility index (Phi) is 6.16. The second kappa shape index (κ2) is 8.94. The van der Waals surface area contributed by atoms with Gasteiger partial charge in [-0.05, 0) is 30.7 Å². The lowest BCUT2D eigenvalue weighted by atomic mass is 10.2. The molecule has 146 valence electrons. The molecular weight excluding hydrogens is 360 g/mol. The third-order valence-corrected chi connectivity index (χ3v) is 4.16. The molecule has 1 heterocycles. The van der Waals surface area contributed by atoms with E-state index in [2.05, 4.69) is 5.32 Å². The molecule has 0 unspecified atom stereocenters. The third kappa shape index (κ3) is 4.82. The first kappa shape index (κ1) is 19.3. The molecule has 2 aromatic carbocycles. The highest BCUT2D eigenvalue weighted by Gasteiger charge is 2.31. The van der Waals surface area contributed by atoms with Crippen LogP contribution in [0.2, 0.25) is 0 Å². The Balaban J connectivity index is 1.41. The molecule has 2 N–H and O–H groups in total. The topological polar surface area (TPSA) is 88.1 Å². The Labute approximate surface area is 163 Å². The predicted octanol–water partition coefficient (Wildman–Crippen LogP) is 2.65. The number of nitrogens with zero attached hydrogens (tertiary/aromatic N) is 1. The number of carbonyl (C=O) groups excluding carboxylic acids is 2. The first-order chi connectivity index (χ1) is 13.5. The second-order valence-electron chi connectivity index (χ2n) is 6.34. The zero-order chi connectivity index (χ0) is 19.9. The molecule has 7 nitrogen and oxygen atoms in total. The van der Waals surface area contributed by atoms with E-state index in [1.54, 1.807) is 6.07 Å². The van der Waals surface area contributed by atoms with Crippen LogP contribution in [0.1, 0.15) is 6.42 Å². The highest BCUT2D eigenvalue weighted by Crippen LogP contribution is 2.25. The van der Waals surface area contributed by atoms with Crippen molar-refractivity contribution in [3.8, 4) is 17.2 Å². The van der Waals surface area contributed by atoms with E-state index in [-0.39, 0.29) is 12.1 Å². The fourth-order valence-corrected chi connectivity index (χ4v) is 2.70. The van der Waals surface area contributed by atoms with Gasteiger partial charge in [-0.1, -0.05) is 24.3 Å². The van der Waals surface area contributed by atoms with Gasteiger partial charge in [0.25, 0.3) is 11.8 Å². The molecule has 0 aromatic heterocycles. The lowest BCUT2D eigenvalue weighted by molar-refractivity contribution is -0.126. The molecule has 1 aliphatic heterocycles. The van der Waals surface area contributed by atoms with E-state index in [0.29, 0.717) is 31.1 Å². The van der Waals surface area contributed by atoms with Crippen molar-refractivity contribution in [2.75, 3.05) is 26.7 Å². The molecule has 3 rings (SSSR count). The average molecular weight is 382 g/mol. The summed E-state index contributed by atoms with van der Waals surface area (Å²) in [6.07, 6.45) is 0.577. The van der Waals surface area contributed by atoms with Crippen molar-refractivity contribution in [3.63, 3.8) is 0 Å². The standard InChI is InChI=1S/C21H22N2O5/c1-23-14-18(19(24)21(23)26)20(25)22-11-6-12-27-16-9-5-10-17(13-16)28-15-7-3-2-4-8-15/h2-5,7-10,13,24H,6,11-12,14H2,1H3,(H,22,25). The molecule has 0 atom stereocenters. The lowest BCUT2D eigenvalue weighted by Gasteiger charge is -2.10. The number of para-hydroxylation sites is 1. The number of amides is 2. The Bertz CT molecular complexity index is 879. The molecule has 7 heteroatoms. The van der Waals surface area contributed by atoms with Crippen LogP contribution in [-0.2, 0) is 9.59 Å². The van der Waals surface area contributed by atoms with Crippen molar-refractivity contribution < 1.29 is 24.2 Å². The van der Waals surface area contributed by atoms with E-state index < -0.39 is 17.6 Å². The number of aliphatic hydroxyl groups excluding tert-OH is 1. The predicted molar refractivity (Wildman–Crippen MR) is 103 cm³/mol.